The average molecular weight is 185 g/mol. The molecule has 0 bridgehead atoms. The fourth-order valence-corrected chi connectivity index (χ4v) is 1.47. The van der Waals surface area contributed by atoms with Crippen LogP contribution in [0.3, 0.4) is 0 Å². The highest BCUT2D eigenvalue weighted by molar-refractivity contribution is 5.28. The minimum atomic E-state index is 1.14. The number of hydrogen-bond acceptors (Lipinski definition) is 1. The van der Waals surface area contributed by atoms with Gasteiger partial charge in [0.2, 0.25) is 5.69 Å². The van der Waals surface area contributed by atoms with Crippen molar-refractivity contribution in [3.8, 4) is 5.69 Å². The van der Waals surface area contributed by atoms with Crippen molar-refractivity contribution >= 4 is 0 Å². The summed E-state index contributed by atoms with van der Waals surface area (Å²) >= 11 is 0. The smallest absolute Gasteiger partial charge is 0.231 e. The molecule has 0 saturated carbocycles. The molecule has 0 unspecified atom stereocenters. The van der Waals surface area contributed by atoms with Gasteiger partial charge in [-0.1, -0.05) is 0 Å². The summed E-state index contributed by atoms with van der Waals surface area (Å²) in [6.45, 7) is 4.18. The van der Waals surface area contributed by atoms with Crippen molar-refractivity contribution in [2.45, 2.75) is 13.8 Å². The third kappa shape index (κ3) is 1.64. The van der Waals surface area contributed by atoms with Crippen molar-refractivity contribution in [3.05, 3.63) is 54.1 Å². The minimum absolute atomic E-state index is 1.14. The first-order valence-corrected chi connectivity index (χ1v) is 4.66. The third-order valence-corrected chi connectivity index (χ3v) is 2.24. The lowest BCUT2D eigenvalue weighted by Gasteiger charge is -1.98. The van der Waals surface area contributed by atoms with Crippen LogP contribution in [0.4, 0.5) is 0 Å². The van der Waals surface area contributed by atoms with E-state index < -0.39 is 0 Å². The van der Waals surface area contributed by atoms with Gasteiger partial charge in [0.1, 0.15) is 0 Å². The van der Waals surface area contributed by atoms with Gasteiger partial charge >= 0.3 is 0 Å². The first-order chi connectivity index (χ1) is 6.77. The molecule has 2 aromatic heterocycles. The molecular formula is C12H13N2+. The van der Waals surface area contributed by atoms with E-state index in [1.54, 1.807) is 0 Å². The van der Waals surface area contributed by atoms with Gasteiger partial charge < -0.3 is 0 Å². The van der Waals surface area contributed by atoms with Gasteiger partial charge in [0, 0.05) is 23.4 Å². The SMILES string of the molecule is Cc1ccc[n+](-c2cnccc2C)c1. The number of aromatic nitrogens is 2. The lowest BCUT2D eigenvalue weighted by atomic mass is 10.2. The Hall–Kier alpha value is -1.70. The van der Waals surface area contributed by atoms with Crippen molar-refractivity contribution in [2.24, 2.45) is 0 Å². The van der Waals surface area contributed by atoms with Crippen LogP contribution >= 0.6 is 0 Å². The second-order valence-electron chi connectivity index (χ2n) is 3.45. The van der Waals surface area contributed by atoms with Gasteiger partial charge in [0.05, 0.1) is 6.20 Å². The van der Waals surface area contributed by atoms with E-state index in [2.05, 4.69) is 35.7 Å². The van der Waals surface area contributed by atoms with E-state index in [-0.39, 0.29) is 0 Å². The van der Waals surface area contributed by atoms with Crippen LogP contribution in [0.25, 0.3) is 5.69 Å². The van der Waals surface area contributed by atoms with Crippen LogP contribution in [0.5, 0.6) is 0 Å². The molecule has 2 aromatic rings. The van der Waals surface area contributed by atoms with Gasteiger partial charge in [0.25, 0.3) is 0 Å². The Kier molecular flexibility index (Phi) is 2.27. The molecule has 0 fully saturated rings. The molecule has 0 aliphatic carbocycles. The van der Waals surface area contributed by atoms with E-state index >= 15 is 0 Å². The molecule has 2 rings (SSSR count). The van der Waals surface area contributed by atoms with Crippen LogP contribution in [0, 0.1) is 13.8 Å². The van der Waals surface area contributed by atoms with Crippen LogP contribution in [-0.2, 0) is 0 Å². The quantitative estimate of drug-likeness (QED) is 0.621. The second kappa shape index (κ2) is 3.58. The summed E-state index contributed by atoms with van der Waals surface area (Å²) in [4.78, 5) is 4.13. The molecule has 0 radical (unpaired) electrons. The second-order valence-corrected chi connectivity index (χ2v) is 3.45. The van der Waals surface area contributed by atoms with Crippen molar-refractivity contribution < 1.29 is 4.57 Å². The maximum Gasteiger partial charge on any atom is 0.231 e. The van der Waals surface area contributed by atoms with E-state index in [0.717, 1.165) is 5.69 Å². The molecule has 0 saturated heterocycles. The molecule has 2 nitrogen and oxygen atoms in total. The van der Waals surface area contributed by atoms with Crippen molar-refractivity contribution in [1.29, 1.82) is 0 Å². The number of pyridine rings is 2. The molecule has 2 heterocycles. The maximum absolute atomic E-state index is 4.13. The van der Waals surface area contributed by atoms with E-state index in [1.807, 2.05) is 30.7 Å². The van der Waals surface area contributed by atoms with Crippen LogP contribution in [0.15, 0.2) is 43.0 Å². The van der Waals surface area contributed by atoms with Crippen molar-refractivity contribution in [1.82, 2.24) is 4.98 Å². The summed E-state index contributed by atoms with van der Waals surface area (Å²) in [7, 11) is 0. The monoisotopic (exact) mass is 185 g/mol. The van der Waals surface area contributed by atoms with Crippen LogP contribution < -0.4 is 4.57 Å². The third-order valence-electron chi connectivity index (χ3n) is 2.24. The Labute approximate surface area is 83.9 Å². The topological polar surface area (TPSA) is 16.8 Å². The van der Waals surface area contributed by atoms with E-state index in [0.29, 0.717) is 0 Å². The van der Waals surface area contributed by atoms with E-state index in [4.69, 9.17) is 0 Å². The number of hydrogen-bond donors (Lipinski definition) is 0. The van der Waals surface area contributed by atoms with Crippen LogP contribution in [0.1, 0.15) is 11.1 Å². The molecule has 0 aliphatic heterocycles. The zero-order chi connectivity index (χ0) is 9.97. The lowest BCUT2D eigenvalue weighted by molar-refractivity contribution is -0.596. The Morgan fingerprint density at radius 2 is 2.07 bits per heavy atom. The molecule has 2 heteroatoms. The maximum atomic E-state index is 4.13. The zero-order valence-corrected chi connectivity index (χ0v) is 8.44. The highest BCUT2D eigenvalue weighted by atomic mass is 15.0. The van der Waals surface area contributed by atoms with Gasteiger partial charge in [-0.3, -0.25) is 4.98 Å². The van der Waals surface area contributed by atoms with Gasteiger partial charge in [-0.05, 0) is 26.0 Å². The Morgan fingerprint density at radius 3 is 2.79 bits per heavy atom. The predicted octanol–water partition coefficient (Wildman–Crippen LogP) is 1.98. The number of aryl methyl sites for hydroxylation is 2. The molecule has 0 aliphatic rings. The Bertz CT molecular complexity index is 450. The largest absolute Gasteiger partial charge is 0.258 e. The van der Waals surface area contributed by atoms with Crippen LogP contribution in [0.2, 0.25) is 0 Å². The summed E-state index contributed by atoms with van der Waals surface area (Å²) in [6.07, 6.45) is 7.84. The lowest BCUT2D eigenvalue weighted by Crippen LogP contribution is -2.30. The molecule has 70 valence electrons. The van der Waals surface area contributed by atoms with Gasteiger partial charge in [-0.25, -0.2) is 0 Å². The first-order valence-electron chi connectivity index (χ1n) is 4.66. The predicted molar refractivity (Wildman–Crippen MR) is 55.2 cm³/mol. The molecular weight excluding hydrogens is 172 g/mol. The Morgan fingerprint density at radius 1 is 1.21 bits per heavy atom. The normalized spacial score (nSPS) is 10.1. The molecule has 14 heavy (non-hydrogen) atoms. The van der Waals surface area contributed by atoms with E-state index in [1.165, 1.54) is 11.1 Å². The van der Waals surface area contributed by atoms with Crippen molar-refractivity contribution in [2.75, 3.05) is 0 Å². The minimum Gasteiger partial charge on any atom is -0.258 e. The number of rotatable bonds is 1. The Balaban J connectivity index is 2.55. The highest BCUT2D eigenvalue weighted by Crippen LogP contribution is 2.04. The standard InChI is InChI=1S/C12H13N2/c1-10-4-3-7-14(9-10)12-8-13-6-5-11(12)2/h3-9H,1-2H3/q+1. The van der Waals surface area contributed by atoms with Crippen LogP contribution in [-0.4, -0.2) is 4.98 Å². The number of nitrogens with zero attached hydrogens (tertiary/aromatic N) is 2. The van der Waals surface area contributed by atoms with Crippen molar-refractivity contribution in [3.63, 3.8) is 0 Å². The fourth-order valence-electron chi connectivity index (χ4n) is 1.47. The fraction of sp³-hybridized carbons (Fsp3) is 0.167. The summed E-state index contributed by atoms with van der Waals surface area (Å²) < 4.78 is 2.09. The summed E-state index contributed by atoms with van der Waals surface area (Å²) in [5.41, 5.74) is 3.61. The average Bonchev–Trinajstić information content (AvgIpc) is 2.18. The van der Waals surface area contributed by atoms with Gasteiger partial charge in [-0.2, -0.15) is 4.57 Å². The van der Waals surface area contributed by atoms with E-state index in [9.17, 15) is 0 Å². The molecule has 0 spiro atoms. The van der Waals surface area contributed by atoms with Gasteiger partial charge in [-0.15, -0.1) is 0 Å². The first kappa shape index (κ1) is 8.88. The molecule has 0 amide bonds. The molecule has 0 N–H and O–H groups in total. The summed E-state index contributed by atoms with van der Waals surface area (Å²) in [5, 5.41) is 0. The zero-order valence-electron chi connectivity index (χ0n) is 8.44. The molecule has 0 atom stereocenters. The molecule has 0 aromatic carbocycles. The van der Waals surface area contributed by atoms with Gasteiger partial charge in [0.15, 0.2) is 12.4 Å². The summed E-state index contributed by atoms with van der Waals surface area (Å²) in [6, 6.07) is 6.15. The summed E-state index contributed by atoms with van der Waals surface area (Å²) in [5.74, 6) is 0. The highest BCUT2D eigenvalue weighted by Gasteiger charge is 2.08.